The number of hydrogen-bond donors (Lipinski definition) is 0. The molecule has 0 unspecified atom stereocenters. The second kappa shape index (κ2) is 6.48. The summed E-state index contributed by atoms with van der Waals surface area (Å²) in [4.78, 5) is 15.8. The third kappa shape index (κ3) is 3.14. The number of ether oxygens (including phenoxy) is 1. The monoisotopic (exact) mass is 319 g/mol. The van der Waals surface area contributed by atoms with Crippen molar-refractivity contribution in [2.45, 2.75) is 31.9 Å². The molecule has 2 atom stereocenters. The molecule has 0 radical (unpaired) electrons. The summed E-state index contributed by atoms with van der Waals surface area (Å²) in [5.74, 6) is 0.179. The highest BCUT2D eigenvalue weighted by molar-refractivity contribution is 7.10. The van der Waals surface area contributed by atoms with Crippen molar-refractivity contribution >= 4 is 17.2 Å². The van der Waals surface area contributed by atoms with Crippen LogP contribution in [0.2, 0.25) is 0 Å². The molecule has 1 aromatic heterocycles. The molecule has 3 rings (SSSR count). The van der Waals surface area contributed by atoms with Gasteiger partial charge in [0.05, 0.1) is 6.04 Å². The normalized spacial score (nSPS) is 19.2. The van der Waals surface area contributed by atoms with Crippen LogP contribution in [0.1, 0.15) is 30.7 Å². The summed E-state index contributed by atoms with van der Waals surface area (Å²) < 4.78 is 18.6. The summed E-state index contributed by atoms with van der Waals surface area (Å²) in [6.45, 7) is 2.51. The molecule has 0 aliphatic carbocycles. The summed E-state index contributed by atoms with van der Waals surface area (Å²) in [6.07, 6.45) is 1.43. The van der Waals surface area contributed by atoms with Gasteiger partial charge in [0.2, 0.25) is 0 Å². The van der Waals surface area contributed by atoms with Crippen molar-refractivity contribution < 1.29 is 13.9 Å². The predicted molar refractivity (Wildman–Crippen MR) is 84.5 cm³/mol. The van der Waals surface area contributed by atoms with Gasteiger partial charge in [-0.25, -0.2) is 4.39 Å². The van der Waals surface area contributed by atoms with Crippen LogP contribution in [-0.2, 0) is 4.79 Å². The molecule has 1 amide bonds. The van der Waals surface area contributed by atoms with Crippen LogP contribution in [0.4, 0.5) is 4.39 Å². The molecule has 1 aromatic carbocycles. The number of carbonyl (C=O) groups is 1. The highest BCUT2D eigenvalue weighted by Gasteiger charge is 2.33. The topological polar surface area (TPSA) is 29.5 Å². The third-order valence-corrected chi connectivity index (χ3v) is 4.86. The van der Waals surface area contributed by atoms with Gasteiger partial charge < -0.3 is 9.64 Å². The fourth-order valence-electron chi connectivity index (χ4n) is 2.81. The predicted octanol–water partition coefficient (Wildman–Crippen LogP) is 4.02. The Hall–Kier alpha value is -1.88. The number of amides is 1. The summed E-state index contributed by atoms with van der Waals surface area (Å²) in [6, 6.07) is 9.99. The maximum atomic E-state index is 12.9. The standard InChI is InChI=1S/C17H18FNO2S/c1-12(21-14-8-6-13(18)7-9-14)17(20)19-10-2-4-15(19)16-5-3-11-22-16/h3,5-9,11-12,15H,2,4,10H2,1H3/t12-,15-/m1/s1. The van der Waals surface area contributed by atoms with Crippen LogP contribution in [0, 0.1) is 5.82 Å². The maximum absolute atomic E-state index is 12.9. The maximum Gasteiger partial charge on any atom is 0.263 e. The number of nitrogens with zero attached hydrogens (tertiary/aromatic N) is 1. The largest absolute Gasteiger partial charge is 0.481 e. The van der Waals surface area contributed by atoms with Crippen LogP contribution in [0.3, 0.4) is 0 Å². The Balaban J connectivity index is 1.68. The summed E-state index contributed by atoms with van der Waals surface area (Å²) in [5.41, 5.74) is 0. The zero-order valence-electron chi connectivity index (χ0n) is 12.4. The minimum absolute atomic E-state index is 0.0137. The molecule has 1 fully saturated rings. The number of halogens is 1. The number of likely N-dealkylation sites (tertiary alicyclic amines) is 1. The van der Waals surface area contributed by atoms with Crippen molar-refractivity contribution in [3.05, 3.63) is 52.5 Å². The van der Waals surface area contributed by atoms with Crippen molar-refractivity contribution in [2.75, 3.05) is 6.54 Å². The van der Waals surface area contributed by atoms with Crippen molar-refractivity contribution in [3.8, 4) is 5.75 Å². The number of benzene rings is 1. The summed E-state index contributed by atoms with van der Waals surface area (Å²) in [5, 5.41) is 2.04. The van der Waals surface area contributed by atoms with Gasteiger partial charge in [-0.15, -0.1) is 11.3 Å². The Bertz CT molecular complexity index is 627. The first-order valence-electron chi connectivity index (χ1n) is 7.41. The Morgan fingerprint density at radius 2 is 2.14 bits per heavy atom. The van der Waals surface area contributed by atoms with E-state index in [9.17, 15) is 9.18 Å². The van der Waals surface area contributed by atoms with E-state index in [1.807, 2.05) is 16.3 Å². The van der Waals surface area contributed by atoms with Crippen molar-refractivity contribution in [1.82, 2.24) is 4.90 Å². The Morgan fingerprint density at radius 1 is 1.36 bits per heavy atom. The molecule has 3 nitrogen and oxygen atoms in total. The van der Waals surface area contributed by atoms with Gasteiger partial charge in [-0.05, 0) is 55.5 Å². The van der Waals surface area contributed by atoms with E-state index in [-0.39, 0.29) is 17.8 Å². The lowest BCUT2D eigenvalue weighted by Gasteiger charge is -2.27. The molecule has 0 spiro atoms. The molecule has 2 aromatic rings. The third-order valence-electron chi connectivity index (χ3n) is 3.88. The summed E-state index contributed by atoms with van der Waals surface area (Å²) >= 11 is 1.68. The molecule has 1 aliphatic rings. The fraction of sp³-hybridized carbons (Fsp3) is 0.353. The zero-order chi connectivity index (χ0) is 15.5. The highest BCUT2D eigenvalue weighted by atomic mass is 32.1. The lowest BCUT2D eigenvalue weighted by atomic mass is 10.2. The first kappa shape index (κ1) is 15.0. The summed E-state index contributed by atoms with van der Waals surface area (Å²) in [7, 11) is 0. The van der Waals surface area contributed by atoms with E-state index < -0.39 is 6.10 Å². The molecule has 0 saturated carbocycles. The van der Waals surface area contributed by atoms with Crippen LogP contribution >= 0.6 is 11.3 Å². The Labute approximate surface area is 133 Å². The molecule has 0 N–H and O–H groups in total. The fourth-order valence-corrected chi connectivity index (χ4v) is 3.68. The van der Waals surface area contributed by atoms with Gasteiger partial charge in [-0.2, -0.15) is 0 Å². The average molecular weight is 319 g/mol. The number of rotatable bonds is 4. The molecule has 22 heavy (non-hydrogen) atoms. The van der Waals surface area contributed by atoms with E-state index >= 15 is 0 Å². The van der Waals surface area contributed by atoms with Gasteiger partial charge in [-0.3, -0.25) is 4.79 Å². The van der Waals surface area contributed by atoms with E-state index in [0.29, 0.717) is 5.75 Å². The zero-order valence-corrected chi connectivity index (χ0v) is 13.2. The van der Waals surface area contributed by atoms with Crippen LogP contribution in [-0.4, -0.2) is 23.5 Å². The van der Waals surface area contributed by atoms with Crippen molar-refractivity contribution in [2.24, 2.45) is 0 Å². The van der Waals surface area contributed by atoms with Crippen molar-refractivity contribution in [1.29, 1.82) is 0 Å². The van der Waals surface area contributed by atoms with E-state index in [4.69, 9.17) is 4.74 Å². The van der Waals surface area contributed by atoms with Gasteiger partial charge in [0.15, 0.2) is 6.10 Å². The van der Waals surface area contributed by atoms with E-state index in [0.717, 1.165) is 19.4 Å². The van der Waals surface area contributed by atoms with E-state index in [1.54, 1.807) is 30.4 Å². The lowest BCUT2D eigenvalue weighted by molar-refractivity contribution is -0.138. The van der Waals surface area contributed by atoms with E-state index in [1.165, 1.54) is 17.0 Å². The van der Waals surface area contributed by atoms with Crippen molar-refractivity contribution in [3.63, 3.8) is 0 Å². The quantitative estimate of drug-likeness (QED) is 0.852. The Morgan fingerprint density at radius 3 is 2.82 bits per heavy atom. The highest BCUT2D eigenvalue weighted by Crippen LogP contribution is 2.35. The molecule has 1 saturated heterocycles. The number of thiophene rings is 1. The van der Waals surface area contributed by atoms with Crippen LogP contribution in [0.5, 0.6) is 5.75 Å². The van der Waals surface area contributed by atoms with Gasteiger partial charge >= 0.3 is 0 Å². The SMILES string of the molecule is C[C@@H](Oc1ccc(F)cc1)C(=O)N1CCC[C@@H]1c1cccs1. The molecule has 1 aliphatic heterocycles. The first-order chi connectivity index (χ1) is 10.6. The second-order valence-corrected chi connectivity index (χ2v) is 6.40. The second-order valence-electron chi connectivity index (χ2n) is 5.42. The molecule has 0 bridgehead atoms. The smallest absolute Gasteiger partial charge is 0.263 e. The minimum atomic E-state index is -0.578. The Kier molecular flexibility index (Phi) is 4.43. The molecular formula is C17H18FNO2S. The molecule has 2 heterocycles. The van der Waals surface area contributed by atoms with Gasteiger partial charge in [0, 0.05) is 11.4 Å². The van der Waals surface area contributed by atoms with Crippen LogP contribution in [0.25, 0.3) is 0 Å². The molecule has 5 heteroatoms. The van der Waals surface area contributed by atoms with Crippen LogP contribution < -0.4 is 4.74 Å². The molecular weight excluding hydrogens is 301 g/mol. The first-order valence-corrected chi connectivity index (χ1v) is 8.29. The van der Waals surface area contributed by atoms with Gasteiger partial charge in [-0.1, -0.05) is 6.07 Å². The van der Waals surface area contributed by atoms with Crippen LogP contribution in [0.15, 0.2) is 41.8 Å². The molecule has 116 valence electrons. The average Bonchev–Trinajstić information content (AvgIpc) is 3.19. The number of carbonyl (C=O) groups excluding carboxylic acids is 1. The van der Waals surface area contributed by atoms with E-state index in [2.05, 4.69) is 6.07 Å². The van der Waals surface area contributed by atoms with Gasteiger partial charge in [0.25, 0.3) is 5.91 Å². The lowest BCUT2D eigenvalue weighted by Crippen LogP contribution is -2.39. The number of hydrogen-bond acceptors (Lipinski definition) is 3. The van der Waals surface area contributed by atoms with Gasteiger partial charge in [0.1, 0.15) is 11.6 Å². The minimum Gasteiger partial charge on any atom is -0.481 e.